The van der Waals surface area contributed by atoms with Crippen molar-refractivity contribution in [2.75, 3.05) is 7.05 Å². The average Bonchev–Trinajstić information content (AvgIpc) is 2.65. The summed E-state index contributed by atoms with van der Waals surface area (Å²) in [5.41, 5.74) is 2.74. The van der Waals surface area contributed by atoms with Gasteiger partial charge in [0.1, 0.15) is 0 Å². The summed E-state index contributed by atoms with van der Waals surface area (Å²) in [5, 5.41) is 5.23. The minimum absolute atomic E-state index is 0.924. The second kappa shape index (κ2) is 8.64. The zero-order valence-corrected chi connectivity index (χ0v) is 15.8. The molecule has 132 valence electrons. The third-order valence-electron chi connectivity index (χ3n) is 4.70. The van der Waals surface area contributed by atoms with E-state index in [-0.39, 0.29) is 0 Å². The van der Waals surface area contributed by atoms with Gasteiger partial charge in [-0.05, 0) is 45.8 Å². The van der Waals surface area contributed by atoms with E-state index in [9.17, 15) is 0 Å². The van der Waals surface area contributed by atoms with Gasteiger partial charge in [0.15, 0.2) is 0 Å². The van der Waals surface area contributed by atoms with Gasteiger partial charge >= 0.3 is 0 Å². The Morgan fingerprint density at radius 1 is 0.885 bits per heavy atom. The Balaban J connectivity index is 1.90. The number of allylic oxidation sites excluding steroid dienone is 1. The summed E-state index contributed by atoms with van der Waals surface area (Å²) in [6.07, 6.45) is 7.31. The maximum absolute atomic E-state index is 3.85. The van der Waals surface area contributed by atoms with E-state index in [2.05, 4.69) is 98.3 Å². The summed E-state index contributed by atoms with van der Waals surface area (Å²) in [7, 11) is 2.20. The average molecular weight is 341 g/mol. The van der Waals surface area contributed by atoms with Gasteiger partial charge in [0, 0.05) is 13.1 Å². The topological polar surface area (TPSA) is 3.24 Å². The Labute approximate surface area is 156 Å². The normalized spacial score (nSPS) is 12.9. The van der Waals surface area contributed by atoms with Gasteiger partial charge in [-0.1, -0.05) is 92.4 Å². The van der Waals surface area contributed by atoms with Crippen LogP contribution < -0.4 is 10.4 Å². The molecule has 0 unspecified atom stereocenters. The first-order valence-corrected chi connectivity index (χ1v) is 9.29. The molecule has 1 heteroatoms. The molecule has 3 rings (SSSR count). The Morgan fingerprint density at radius 3 is 2.38 bits per heavy atom. The van der Waals surface area contributed by atoms with Gasteiger partial charge in [0.2, 0.25) is 0 Å². The summed E-state index contributed by atoms with van der Waals surface area (Å²) in [6, 6.07) is 21.7. The molecule has 0 heterocycles. The van der Waals surface area contributed by atoms with E-state index in [0.717, 1.165) is 19.5 Å². The summed E-state index contributed by atoms with van der Waals surface area (Å²) < 4.78 is 0. The molecule has 0 amide bonds. The molecule has 0 aromatic heterocycles. The fourth-order valence-corrected chi connectivity index (χ4v) is 3.56. The van der Waals surface area contributed by atoms with E-state index in [0.29, 0.717) is 0 Å². The van der Waals surface area contributed by atoms with Crippen LogP contribution in [0.25, 0.3) is 22.9 Å². The van der Waals surface area contributed by atoms with Crippen molar-refractivity contribution in [3.63, 3.8) is 0 Å². The van der Waals surface area contributed by atoms with Crippen LogP contribution >= 0.6 is 0 Å². The van der Waals surface area contributed by atoms with E-state index in [4.69, 9.17) is 0 Å². The zero-order chi connectivity index (χ0) is 18.4. The van der Waals surface area contributed by atoms with Crippen LogP contribution in [0.15, 0.2) is 73.3 Å². The second-order valence-corrected chi connectivity index (χ2v) is 6.75. The molecule has 0 fully saturated rings. The van der Waals surface area contributed by atoms with Crippen molar-refractivity contribution < 1.29 is 0 Å². The fraction of sp³-hybridized carbons (Fsp3) is 0.200. The van der Waals surface area contributed by atoms with Crippen LogP contribution in [0.2, 0.25) is 0 Å². The molecule has 0 N–H and O–H groups in total. The Kier molecular flexibility index (Phi) is 6.04. The van der Waals surface area contributed by atoms with E-state index >= 15 is 0 Å². The molecule has 3 aromatic carbocycles. The van der Waals surface area contributed by atoms with Gasteiger partial charge in [-0.2, -0.15) is 0 Å². The molecule has 0 saturated heterocycles. The van der Waals surface area contributed by atoms with E-state index < -0.39 is 0 Å². The Hall–Kier alpha value is -2.64. The molecule has 0 atom stereocenters. The molecule has 3 aromatic rings. The van der Waals surface area contributed by atoms with Crippen molar-refractivity contribution in [2.45, 2.75) is 26.4 Å². The first-order chi connectivity index (χ1) is 12.7. The molecule has 0 bridgehead atoms. The lowest BCUT2D eigenvalue weighted by Crippen LogP contribution is -2.31. The van der Waals surface area contributed by atoms with E-state index in [1.165, 1.54) is 32.3 Å². The quantitative estimate of drug-likeness (QED) is 0.632. The molecule has 0 spiro atoms. The number of rotatable bonds is 6. The maximum atomic E-state index is 3.85. The molecule has 1 nitrogen and oxygen atoms in total. The predicted molar refractivity (Wildman–Crippen MR) is 114 cm³/mol. The van der Waals surface area contributed by atoms with Gasteiger partial charge < -0.3 is 0 Å². The molecular weight excluding hydrogens is 314 g/mol. The van der Waals surface area contributed by atoms with Crippen molar-refractivity contribution in [3.05, 3.63) is 94.9 Å². The minimum atomic E-state index is 0.924. The fourth-order valence-electron chi connectivity index (χ4n) is 3.56. The standard InChI is InChI=1S/C25H27N/c1-4-10-20-13-8-15-22(24(20)11-5-2)18-26(3)19-23-16-9-14-21-12-6-7-17-25(21)23/h4,6-17H,1,5,18-19H2,2-3H3/b20-10-,24-11+. The smallest absolute Gasteiger partial charge is 0.0240 e. The molecule has 26 heavy (non-hydrogen) atoms. The predicted octanol–water partition coefficient (Wildman–Crippen LogP) is 4.63. The molecule has 0 aliphatic heterocycles. The minimum Gasteiger partial charge on any atom is -0.298 e. The van der Waals surface area contributed by atoms with Crippen molar-refractivity contribution in [1.82, 2.24) is 4.90 Å². The molecule has 0 aliphatic rings. The highest BCUT2D eigenvalue weighted by Gasteiger charge is 2.06. The Bertz CT molecular complexity index is 1010. The number of hydrogen-bond acceptors (Lipinski definition) is 1. The summed E-state index contributed by atoms with van der Waals surface area (Å²) in [4.78, 5) is 2.39. The first kappa shape index (κ1) is 18.2. The molecule has 0 aliphatic carbocycles. The second-order valence-electron chi connectivity index (χ2n) is 6.75. The monoisotopic (exact) mass is 341 g/mol. The number of hydrogen-bond donors (Lipinski definition) is 0. The maximum Gasteiger partial charge on any atom is 0.0240 e. The van der Waals surface area contributed by atoms with Crippen LogP contribution in [0.5, 0.6) is 0 Å². The third-order valence-corrected chi connectivity index (χ3v) is 4.70. The third kappa shape index (κ3) is 4.12. The van der Waals surface area contributed by atoms with Crippen molar-refractivity contribution in [3.8, 4) is 0 Å². The van der Waals surface area contributed by atoms with Crippen LogP contribution in [-0.2, 0) is 13.1 Å². The van der Waals surface area contributed by atoms with Gasteiger partial charge in [-0.3, -0.25) is 4.90 Å². The Morgan fingerprint density at radius 2 is 1.58 bits per heavy atom. The van der Waals surface area contributed by atoms with E-state index in [1.54, 1.807) is 0 Å². The lowest BCUT2D eigenvalue weighted by atomic mass is 10.0. The highest BCUT2D eigenvalue weighted by molar-refractivity contribution is 5.85. The van der Waals surface area contributed by atoms with Crippen molar-refractivity contribution in [2.24, 2.45) is 0 Å². The molecule has 0 radical (unpaired) electrons. The summed E-state index contributed by atoms with van der Waals surface area (Å²) in [5.74, 6) is 0. The molecule has 0 saturated carbocycles. The summed E-state index contributed by atoms with van der Waals surface area (Å²) in [6.45, 7) is 7.90. The van der Waals surface area contributed by atoms with Crippen molar-refractivity contribution >= 4 is 22.9 Å². The first-order valence-electron chi connectivity index (χ1n) is 9.29. The molecular formula is C25H27N. The lowest BCUT2D eigenvalue weighted by Gasteiger charge is -2.19. The van der Waals surface area contributed by atoms with Gasteiger partial charge in [-0.15, -0.1) is 0 Å². The van der Waals surface area contributed by atoms with Crippen LogP contribution in [0.4, 0.5) is 0 Å². The van der Waals surface area contributed by atoms with Gasteiger partial charge in [0.05, 0.1) is 0 Å². The highest BCUT2D eigenvalue weighted by atomic mass is 15.1. The largest absolute Gasteiger partial charge is 0.298 e. The van der Waals surface area contributed by atoms with E-state index in [1.807, 2.05) is 6.08 Å². The van der Waals surface area contributed by atoms with Crippen LogP contribution in [-0.4, -0.2) is 11.9 Å². The van der Waals surface area contributed by atoms with Gasteiger partial charge in [0.25, 0.3) is 0 Å². The van der Waals surface area contributed by atoms with Crippen LogP contribution in [0.3, 0.4) is 0 Å². The van der Waals surface area contributed by atoms with Crippen molar-refractivity contribution in [1.29, 1.82) is 0 Å². The zero-order valence-electron chi connectivity index (χ0n) is 15.8. The van der Waals surface area contributed by atoms with Crippen LogP contribution in [0.1, 0.15) is 24.5 Å². The lowest BCUT2D eigenvalue weighted by molar-refractivity contribution is 0.319. The van der Waals surface area contributed by atoms with Gasteiger partial charge in [-0.25, -0.2) is 0 Å². The number of benzene rings is 3. The highest BCUT2D eigenvalue weighted by Crippen LogP contribution is 2.20. The number of fused-ring (bicyclic) bond motifs is 1. The van der Waals surface area contributed by atoms with Crippen LogP contribution in [0, 0.1) is 0 Å². The summed E-state index contributed by atoms with van der Waals surface area (Å²) >= 11 is 0. The number of nitrogens with zero attached hydrogens (tertiary/aromatic N) is 1. The SMILES string of the molecule is C=C/C=c1/cccc(CN(C)Cc2cccc3ccccc23)/c1=C/CC.